The summed E-state index contributed by atoms with van der Waals surface area (Å²) in [5, 5.41) is 0. The van der Waals surface area contributed by atoms with Gasteiger partial charge < -0.3 is 4.74 Å². The van der Waals surface area contributed by atoms with E-state index < -0.39 is 0 Å². The lowest BCUT2D eigenvalue weighted by atomic mass is 10.0. The molecule has 0 aliphatic rings. The van der Waals surface area contributed by atoms with Crippen LogP contribution in [-0.4, -0.2) is 0 Å². The fourth-order valence-corrected chi connectivity index (χ4v) is 2.99. The first-order valence-corrected chi connectivity index (χ1v) is 8.83. The van der Waals surface area contributed by atoms with Crippen LogP contribution in [0.25, 0.3) is 11.1 Å². The summed E-state index contributed by atoms with van der Waals surface area (Å²) in [6.45, 7) is 0. The van der Waals surface area contributed by atoms with E-state index in [1.54, 1.807) is 0 Å². The zero-order chi connectivity index (χ0) is 17.6. The zero-order valence-corrected chi connectivity index (χ0v) is 14.5. The van der Waals surface area contributed by atoms with Gasteiger partial charge in [0.25, 0.3) is 0 Å². The van der Waals surface area contributed by atoms with Crippen molar-refractivity contribution in [2.75, 3.05) is 0 Å². The van der Waals surface area contributed by atoms with Gasteiger partial charge in [-0.15, -0.1) is 0 Å². The zero-order valence-electron chi connectivity index (χ0n) is 14.5. The van der Waals surface area contributed by atoms with Crippen LogP contribution in [-0.2, 0) is 6.42 Å². The quantitative estimate of drug-likeness (QED) is 0.392. The van der Waals surface area contributed by atoms with E-state index in [9.17, 15) is 0 Å². The minimum Gasteiger partial charge on any atom is -0.457 e. The van der Waals surface area contributed by atoms with E-state index in [-0.39, 0.29) is 0 Å². The monoisotopic (exact) mass is 336 g/mol. The van der Waals surface area contributed by atoms with Crippen molar-refractivity contribution in [1.29, 1.82) is 0 Å². The van der Waals surface area contributed by atoms with Crippen molar-refractivity contribution < 1.29 is 4.74 Å². The molecule has 0 N–H and O–H groups in total. The number of hydrogen-bond acceptors (Lipinski definition) is 1. The standard InChI is InChI=1S/C25H20O/c1-3-7-20(8-4-1)19-21-11-13-22(14-12-21)23-15-17-25(18-16-23)26-24-9-5-2-6-10-24/h1-18H,19H2. The Morgan fingerprint density at radius 2 is 0.885 bits per heavy atom. The lowest BCUT2D eigenvalue weighted by Crippen LogP contribution is -1.88. The van der Waals surface area contributed by atoms with Gasteiger partial charge in [-0.05, 0) is 52.9 Å². The first kappa shape index (κ1) is 16.2. The van der Waals surface area contributed by atoms with Crippen molar-refractivity contribution in [2.45, 2.75) is 6.42 Å². The van der Waals surface area contributed by atoms with Gasteiger partial charge in [-0.25, -0.2) is 0 Å². The lowest BCUT2D eigenvalue weighted by molar-refractivity contribution is 0.483. The third-order valence-electron chi connectivity index (χ3n) is 4.37. The molecule has 0 saturated heterocycles. The maximum atomic E-state index is 5.85. The molecular formula is C25H20O. The third kappa shape index (κ3) is 4.01. The second-order valence-electron chi connectivity index (χ2n) is 6.30. The topological polar surface area (TPSA) is 9.23 Å². The Kier molecular flexibility index (Phi) is 4.79. The second kappa shape index (κ2) is 7.71. The Hall–Kier alpha value is -3.32. The summed E-state index contributed by atoms with van der Waals surface area (Å²) >= 11 is 0. The van der Waals surface area contributed by atoms with Gasteiger partial charge in [-0.1, -0.05) is 84.9 Å². The van der Waals surface area contributed by atoms with Crippen LogP contribution in [0.15, 0.2) is 109 Å². The molecule has 0 amide bonds. The van der Waals surface area contributed by atoms with E-state index in [1.165, 1.54) is 22.3 Å². The molecule has 1 nitrogen and oxygen atoms in total. The normalized spacial score (nSPS) is 10.5. The number of rotatable bonds is 5. The number of ether oxygens (including phenoxy) is 1. The van der Waals surface area contributed by atoms with E-state index in [4.69, 9.17) is 4.74 Å². The Labute approximate surface area is 154 Å². The van der Waals surface area contributed by atoms with E-state index in [0.29, 0.717) is 0 Å². The summed E-state index contributed by atoms with van der Waals surface area (Å²) in [5.74, 6) is 1.70. The molecule has 0 unspecified atom stereocenters. The lowest BCUT2D eigenvalue weighted by Gasteiger charge is -2.08. The maximum Gasteiger partial charge on any atom is 0.127 e. The Morgan fingerprint density at radius 1 is 0.423 bits per heavy atom. The van der Waals surface area contributed by atoms with Crippen LogP contribution in [0.5, 0.6) is 11.5 Å². The predicted molar refractivity (Wildman–Crippen MR) is 108 cm³/mol. The van der Waals surface area contributed by atoms with Gasteiger partial charge in [0, 0.05) is 0 Å². The second-order valence-corrected chi connectivity index (χ2v) is 6.30. The Bertz CT molecular complexity index is 857. The van der Waals surface area contributed by atoms with E-state index in [0.717, 1.165) is 17.9 Å². The summed E-state index contributed by atoms with van der Waals surface area (Å²) < 4.78 is 5.85. The van der Waals surface area contributed by atoms with Crippen molar-refractivity contribution in [1.82, 2.24) is 0 Å². The molecule has 0 aliphatic carbocycles. The van der Waals surface area contributed by atoms with Crippen LogP contribution in [0.1, 0.15) is 11.1 Å². The number of para-hydroxylation sites is 1. The molecule has 0 aromatic heterocycles. The van der Waals surface area contributed by atoms with Crippen LogP contribution in [0.2, 0.25) is 0 Å². The molecule has 4 rings (SSSR count). The molecule has 1 heteroatoms. The van der Waals surface area contributed by atoms with Crippen molar-refractivity contribution in [3.63, 3.8) is 0 Å². The van der Waals surface area contributed by atoms with Gasteiger partial charge in [0.05, 0.1) is 0 Å². The molecule has 0 spiro atoms. The smallest absolute Gasteiger partial charge is 0.127 e. The third-order valence-corrected chi connectivity index (χ3v) is 4.37. The Balaban J connectivity index is 1.45. The highest BCUT2D eigenvalue weighted by atomic mass is 16.5. The van der Waals surface area contributed by atoms with Crippen molar-refractivity contribution >= 4 is 0 Å². The summed E-state index contributed by atoms with van der Waals surface area (Å²) in [6, 6.07) is 37.4. The molecule has 0 aliphatic heterocycles. The summed E-state index contributed by atoms with van der Waals surface area (Å²) in [5.41, 5.74) is 5.07. The fraction of sp³-hybridized carbons (Fsp3) is 0.0400. The molecule has 4 aromatic rings. The van der Waals surface area contributed by atoms with Gasteiger partial charge in [-0.2, -0.15) is 0 Å². The minimum atomic E-state index is 0.848. The number of benzene rings is 4. The van der Waals surface area contributed by atoms with Crippen LogP contribution >= 0.6 is 0 Å². The minimum absolute atomic E-state index is 0.848. The highest BCUT2D eigenvalue weighted by Crippen LogP contribution is 2.26. The van der Waals surface area contributed by atoms with Gasteiger partial charge in [-0.3, -0.25) is 0 Å². The van der Waals surface area contributed by atoms with Crippen molar-refractivity contribution in [3.8, 4) is 22.6 Å². The average Bonchev–Trinajstić information content (AvgIpc) is 2.71. The fourth-order valence-electron chi connectivity index (χ4n) is 2.99. The van der Waals surface area contributed by atoms with Gasteiger partial charge in [0.15, 0.2) is 0 Å². The predicted octanol–water partition coefficient (Wildman–Crippen LogP) is 6.74. The molecule has 0 fully saturated rings. The van der Waals surface area contributed by atoms with Gasteiger partial charge >= 0.3 is 0 Å². The SMILES string of the molecule is c1ccc(Cc2ccc(-c3ccc(Oc4ccccc4)cc3)cc2)cc1. The first-order chi connectivity index (χ1) is 12.9. The number of hydrogen-bond donors (Lipinski definition) is 0. The molecular weight excluding hydrogens is 316 g/mol. The van der Waals surface area contributed by atoms with Gasteiger partial charge in [0.1, 0.15) is 11.5 Å². The molecule has 0 saturated carbocycles. The largest absolute Gasteiger partial charge is 0.457 e. The summed E-state index contributed by atoms with van der Waals surface area (Å²) in [4.78, 5) is 0. The Morgan fingerprint density at radius 3 is 1.50 bits per heavy atom. The molecule has 0 radical (unpaired) electrons. The average molecular weight is 336 g/mol. The molecule has 126 valence electrons. The molecule has 0 atom stereocenters. The van der Waals surface area contributed by atoms with Crippen molar-refractivity contribution in [2.24, 2.45) is 0 Å². The van der Waals surface area contributed by atoms with E-state index in [2.05, 4.69) is 66.7 Å². The highest BCUT2D eigenvalue weighted by molar-refractivity contribution is 5.64. The molecule has 0 heterocycles. The van der Waals surface area contributed by atoms with Crippen LogP contribution in [0.3, 0.4) is 0 Å². The van der Waals surface area contributed by atoms with Crippen LogP contribution in [0.4, 0.5) is 0 Å². The summed E-state index contributed by atoms with van der Waals surface area (Å²) in [7, 11) is 0. The molecule has 0 bridgehead atoms. The van der Waals surface area contributed by atoms with E-state index in [1.807, 2.05) is 42.5 Å². The molecule has 4 aromatic carbocycles. The first-order valence-electron chi connectivity index (χ1n) is 8.83. The summed E-state index contributed by atoms with van der Waals surface area (Å²) in [6.07, 6.45) is 0.963. The maximum absolute atomic E-state index is 5.85. The van der Waals surface area contributed by atoms with E-state index >= 15 is 0 Å². The highest BCUT2D eigenvalue weighted by Gasteiger charge is 2.01. The molecule has 26 heavy (non-hydrogen) atoms. The van der Waals surface area contributed by atoms with Crippen LogP contribution in [0, 0.1) is 0 Å². The van der Waals surface area contributed by atoms with Crippen LogP contribution < -0.4 is 4.74 Å². The van der Waals surface area contributed by atoms with Crippen molar-refractivity contribution in [3.05, 3.63) is 120 Å². The van der Waals surface area contributed by atoms with Gasteiger partial charge in [0.2, 0.25) is 0 Å².